The first kappa shape index (κ1) is 32.4. The van der Waals surface area contributed by atoms with E-state index in [9.17, 15) is 0 Å². The zero-order valence-electron chi connectivity index (χ0n) is 31.2. The van der Waals surface area contributed by atoms with Gasteiger partial charge >= 0.3 is 0 Å². The molecule has 0 spiro atoms. The van der Waals surface area contributed by atoms with Gasteiger partial charge in [-0.15, -0.1) is 0 Å². The van der Waals surface area contributed by atoms with Crippen LogP contribution in [0.4, 0.5) is 17.1 Å². The molecule has 3 heterocycles. The van der Waals surface area contributed by atoms with Gasteiger partial charge in [-0.25, -0.2) is 4.98 Å². The Morgan fingerprint density at radius 1 is 0.448 bits per heavy atom. The van der Waals surface area contributed by atoms with Crippen molar-refractivity contribution in [1.29, 1.82) is 0 Å². The topological polar surface area (TPSA) is 47.3 Å². The maximum absolute atomic E-state index is 6.98. The second-order valence-electron chi connectivity index (χ2n) is 14.7. The predicted molar refractivity (Wildman–Crippen MR) is 239 cm³/mol. The van der Waals surface area contributed by atoms with Crippen molar-refractivity contribution in [3.8, 4) is 28.3 Å². The van der Waals surface area contributed by atoms with Crippen LogP contribution in [-0.2, 0) is 0 Å². The van der Waals surface area contributed by atoms with E-state index in [2.05, 4.69) is 173 Å². The summed E-state index contributed by atoms with van der Waals surface area (Å²) >= 11 is 0. The van der Waals surface area contributed by atoms with E-state index in [0.29, 0.717) is 11.5 Å². The number of hydrogen-bond donors (Lipinski definition) is 0. The normalized spacial score (nSPS) is 11.8. The van der Waals surface area contributed by atoms with E-state index < -0.39 is 0 Å². The molecule has 0 aliphatic rings. The number of para-hydroxylation sites is 4. The molecule has 0 aliphatic carbocycles. The number of anilines is 3. The number of rotatable bonds is 6. The lowest BCUT2D eigenvalue weighted by Crippen LogP contribution is -2.11. The van der Waals surface area contributed by atoms with E-state index in [4.69, 9.17) is 13.8 Å². The van der Waals surface area contributed by atoms with E-state index in [1.165, 1.54) is 16.3 Å². The number of fused-ring (bicyclic) bond motifs is 9. The van der Waals surface area contributed by atoms with Crippen LogP contribution in [-0.4, -0.2) is 9.55 Å². The molecule has 58 heavy (non-hydrogen) atoms. The van der Waals surface area contributed by atoms with E-state index in [0.717, 1.165) is 83.2 Å². The van der Waals surface area contributed by atoms with Crippen LogP contribution in [0.15, 0.2) is 209 Å². The predicted octanol–water partition coefficient (Wildman–Crippen LogP) is 14.8. The summed E-state index contributed by atoms with van der Waals surface area (Å²) in [6, 6.07) is 70.3. The van der Waals surface area contributed by atoms with Gasteiger partial charge in [0.1, 0.15) is 16.7 Å². The van der Waals surface area contributed by atoms with Crippen molar-refractivity contribution in [2.45, 2.75) is 0 Å². The van der Waals surface area contributed by atoms with Gasteiger partial charge in [0.2, 0.25) is 5.89 Å². The van der Waals surface area contributed by atoms with Crippen molar-refractivity contribution in [3.05, 3.63) is 200 Å². The highest BCUT2D eigenvalue weighted by Gasteiger charge is 2.25. The molecule has 5 nitrogen and oxygen atoms in total. The lowest BCUT2D eigenvalue weighted by Gasteiger charge is -2.27. The Bertz CT molecular complexity index is 3520. The Balaban J connectivity index is 1.16. The SMILES string of the molecule is c1ccc(-c2cccc(N(c3cc4c5ccccc5n(-c5ccccc5)c4c4ccccc34)c3cccc4nc(-c5cccc6oc7ccccc7c56)oc34)c2)cc1. The average molecular weight is 744 g/mol. The number of aromatic nitrogens is 2. The standard InChI is InChI=1S/C53H33N3O2/c1-3-16-34(17-4-1)35-18-13-21-37(32-35)55(46-29-15-27-44-52(46)58-53(54-44)42-26-14-31-49-50(42)41-25-10-12-30-48(41)57-49)47-33-43-39-23-9-11-28-45(39)56(36-19-5-2-6-20-36)51(43)40-24-8-7-22-38(40)47/h1-33H. The first-order valence-electron chi connectivity index (χ1n) is 19.5. The molecular formula is C53H33N3O2. The van der Waals surface area contributed by atoms with Gasteiger partial charge < -0.3 is 18.3 Å². The number of benzene rings is 9. The molecule has 12 aromatic rings. The summed E-state index contributed by atoms with van der Waals surface area (Å²) in [7, 11) is 0. The van der Waals surface area contributed by atoms with Crippen LogP contribution >= 0.6 is 0 Å². The first-order chi connectivity index (χ1) is 28.8. The molecule has 0 saturated heterocycles. The quantitative estimate of drug-likeness (QED) is 0.170. The third-order valence-electron chi connectivity index (χ3n) is 11.4. The van der Waals surface area contributed by atoms with E-state index >= 15 is 0 Å². The molecule has 5 heteroatoms. The second kappa shape index (κ2) is 12.8. The van der Waals surface area contributed by atoms with E-state index in [1.54, 1.807) is 0 Å². The minimum absolute atomic E-state index is 0.545. The van der Waals surface area contributed by atoms with Crippen LogP contribution in [0.2, 0.25) is 0 Å². The lowest BCUT2D eigenvalue weighted by molar-refractivity contribution is 0.620. The lowest BCUT2D eigenvalue weighted by atomic mass is 10.0. The second-order valence-corrected chi connectivity index (χ2v) is 14.7. The Hall–Kier alpha value is -7.89. The molecule has 0 atom stereocenters. The molecule has 0 radical (unpaired) electrons. The van der Waals surface area contributed by atoms with Gasteiger partial charge in [-0.05, 0) is 77.9 Å². The molecule has 9 aromatic carbocycles. The number of hydrogen-bond acceptors (Lipinski definition) is 4. The van der Waals surface area contributed by atoms with Crippen LogP contribution in [0.5, 0.6) is 0 Å². The summed E-state index contributed by atoms with van der Waals surface area (Å²) in [4.78, 5) is 7.52. The molecule has 0 bridgehead atoms. The first-order valence-corrected chi connectivity index (χ1v) is 19.5. The molecule has 0 N–H and O–H groups in total. The Morgan fingerprint density at radius 3 is 1.98 bits per heavy atom. The number of oxazole rings is 1. The number of nitrogens with zero attached hydrogens (tertiary/aromatic N) is 3. The average Bonchev–Trinajstić information content (AvgIpc) is 4.00. The third kappa shape index (κ3) is 4.93. The fraction of sp³-hybridized carbons (Fsp3) is 0. The monoisotopic (exact) mass is 743 g/mol. The van der Waals surface area contributed by atoms with Gasteiger partial charge in [0.15, 0.2) is 5.58 Å². The van der Waals surface area contributed by atoms with Crippen LogP contribution in [0.3, 0.4) is 0 Å². The molecule has 3 aromatic heterocycles. The maximum atomic E-state index is 6.98. The Morgan fingerprint density at radius 2 is 1.12 bits per heavy atom. The van der Waals surface area contributed by atoms with Crippen LogP contribution in [0.25, 0.3) is 93.9 Å². The summed E-state index contributed by atoms with van der Waals surface area (Å²) in [5.74, 6) is 0.545. The minimum atomic E-state index is 0.545. The summed E-state index contributed by atoms with van der Waals surface area (Å²) < 4.78 is 15.7. The van der Waals surface area contributed by atoms with Gasteiger partial charge in [0.05, 0.1) is 22.4 Å². The zero-order chi connectivity index (χ0) is 38.2. The van der Waals surface area contributed by atoms with Crippen LogP contribution < -0.4 is 4.90 Å². The van der Waals surface area contributed by atoms with Gasteiger partial charge in [-0.3, -0.25) is 0 Å². The maximum Gasteiger partial charge on any atom is 0.228 e. The van der Waals surface area contributed by atoms with Crippen LogP contribution in [0.1, 0.15) is 0 Å². The highest BCUT2D eigenvalue weighted by atomic mass is 16.4. The summed E-state index contributed by atoms with van der Waals surface area (Å²) in [6.45, 7) is 0. The summed E-state index contributed by atoms with van der Waals surface area (Å²) in [5.41, 5.74) is 12.7. The van der Waals surface area contributed by atoms with Crippen LogP contribution in [0, 0.1) is 0 Å². The van der Waals surface area contributed by atoms with Crippen molar-refractivity contribution in [3.63, 3.8) is 0 Å². The molecule has 0 amide bonds. The third-order valence-corrected chi connectivity index (χ3v) is 11.4. The fourth-order valence-electron chi connectivity index (χ4n) is 8.88. The van der Waals surface area contributed by atoms with Crippen molar-refractivity contribution in [2.75, 3.05) is 4.90 Å². The van der Waals surface area contributed by atoms with Crippen molar-refractivity contribution < 1.29 is 8.83 Å². The number of furan rings is 1. The summed E-state index contributed by atoms with van der Waals surface area (Å²) in [5, 5.41) is 6.65. The van der Waals surface area contributed by atoms with E-state index in [1.807, 2.05) is 36.4 Å². The molecule has 12 rings (SSSR count). The molecular weight excluding hydrogens is 711 g/mol. The fourth-order valence-corrected chi connectivity index (χ4v) is 8.88. The van der Waals surface area contributed by atoms with Gasteiger partial charge in [0.25, 0.3) is 0 Å². The molecule has 0 aliphatic heterocycles. The minimum Gasteiger partial charge on any atom is -0.456 e. The van der Waals surface area contributed by atoms with Crippen molar-refractivity contribution in [2.24, 2.45) is 0 Å². The van der Waals surface area contributed by atoms with Gasteiger partial charge in [0, 0.05) is 49.3 Å². The Labute approximate surface area is 333 Å². The highest BCUT2D eigenvalue weighted by Crippen LogP contribution is 2.48. The Kier molecular flexibility index (Phi) is 7.16. The van der Waals surface area contributed by atoms with Gasteiger partial charge in [-0.1, -0.05) is 133 Å². The zero-order valence-corrected chi connectivity index (χ0v) is 31.2. The smallest absolute Gasteiger partial charge is 0.228 e. The van der Waals surface area contributed by atoms with Gasteiger partial charge in [-0.2, -0.15) is 0 Å². The molecule has 0 unspecified atom stereocenters. The molecule has 0 saturated carbocycles. The highest BCUT2D eigenvalue weighted by molar-refractivity contribution is 6.23. The largest absolute Gasteiger partial charge is 0.456 e. The molecule has 0 fully saturated rings. The van der Waals surface area contributed by atoms with E-state index in [-0.39, 0.29) is 0 Å². The summed E-state index contributed by atoms with van der Waals surface area (Å²) in [6.07, 6.45) is 0. The molecule has 272 valence electrons. The van der Waals surface area contributed by atoms with Crippen molar-refractivity contribution in [1.82, 2.24) is 9.55 Å². The van der Waals surface area contributed by atoms with Crippen molar-refractivity contribution >= 4 is 82.7 Å².